The summed E-state index contributed by atoms with van der Waals surface area (Å²) >= 11 is 0. The van der Waals surface area contributed by atoms with Gasteiger partial charge in [-0.2, -0.15) is 5.10 Å². The second-order valence-electron chi connectivity index (χ2n) is 3.86. The van der Waals surface area contributed by atoms with E-state index in [2.05, 4.69) is 9.82 Å². The van der Waals surface area contributed by atoms with Crippen molar-refractivity contribution in [3.8, 4) is 0 Å². The van der Waals surface area contributed by atoms with Gasteiger partial charge >= 0.3 is 0 Å². The Labute approximate surface area is 104 Å². The minimum absolute atomic E-state index is 0.106. The molecule has 2 aromatic rings. The van der Waals surface area contributed by atoms with E-state index in [-0.39, 0.29) is 4.90 Å². The molecule has 2 rings (SSSR count). The molecule has 0 radical (unpaired) electrons. The fraction of sp³-hybridized carbons (Fsp3) is 0.182. The smallest absolute Gasteiger partial charge is 0.265 e. The molecular formula is C11H12FN3O2S. The van der Waals surface area contributed by atoms with Crippen LogP contribution in [0.5, 0.6) is 0 Å². The van der Waals surface area contributed by atoms with Gasteiger partial charge in [-0.15, -0.1) is 0 Å². The number of benzene rings is 1. The van der Waals surface area contributed by atoms with E-state index >= 15 is 0 Å². The molecule has 5 nitrogen and oxygen atoms in total. The van der Waals surface area contributed by atoms with Gasteiger partial charge in [-0.3, -0.25) is 9.40 Å². The van der Waals surface area contributed by atoms with Gasteiger partial charge in [-0.25, -0.2) is 12.8 Å². The van der Waals surface area contributed by atoms with Crippen molar-refractivity contribution in [2.45, 2.75) is 11.8 Å². The molecule has 0 aliphatic carbocycles. The number of hydrogen-bond acceptors (Lipinski definition) is 3. The molecule has 0 amide bonds. The lowest BCUT2D eigenvalue weighted by molar-refractivity contribution is 0.600. The van der Waals surface area contributed by atoms with Gasteiger partial charge in [-0.1, -0.05) is 0 Å². The van der Waals surface area contributed by atoms with Gasteiger partial charge < -0.3 is 0 Å². The first-order chi connectivity index (χ1) is 8.38. The van der Waals surface area contributed by atoms with E-state index in [9.17, 15) is 12.8 Å². The quantitative estimate of drug-likeness (QED) is 0.921. The second-order valence-corrected chi connectivity index (χ2v) is 5.52. The lowest BCUT2D eigenvalue weighted by atomic mass is 10.3. The largest absolute Gasteiger partial charge is 0.280 e. The number of aromatic nitrogens is 2. The van der Waals surface area contributed by atoms with Crippen LogP contribution in [-0.2, 0) is 17.1 Å². The SMILES string of the molecule is Cc1nn(C)cc1S(=O)(=O)Nc1ccc(F)cc1. The molecule has 7 heteroatoms. The lowest BCUT2D eigenvalue weighted by Gasteiger charge is -2.06. The van der Waals surface area contributed by atoms with Crippen LogP contribution in [0.4, 0.5) is 10.1 Å². The van der Waals surface area contributed by atoms with Crippen molar-refractivity contribution in [2.24, 2.45) is 7.05 Å². The highest BCUT2D eigenvalue weighted by molar-refractivity contribution is 7.92. The summed E-state index contributed by atoms with van der Waals surface area (Å²) in [4.78, 5) is 0.106. The Kier molecular flexibility index (Phi) is 3.08. The van der Waals surface area contributed by atoms with E-state index in [0.29, 0.717) is 11.4 Å². The van der Waals surface area contributed by atoms with E-state index in [0.717, 1.165) is 0 Å². The number of halogens is 1. The summed E-state index contributed by atoms with van der Waals surface area (Å²) < 4.78 is 40.6. The molecule has 0 bridgehead atoms. The number of rotatable bonds is 3. The second kappa shape index (κ2) is 4.41. The third-order valence-electron chi connectivity index (χ3n) is 2.35. The van der Waals surface area contributed by atoms with Gasteiger partial charge in [0.2, 0.25) is 0 Å². The maximum atomic E-state index is 12.7. The average Bonchev–Trinajstić information content (AvgIpc) is 2.62. The Morgan fingerprint density at radius 3 is 2.39 bits per heavy atom. The summed E-state index contributed by atoms with van der Waals surface area (Å²) in [5, 5.41) is 3.97. The molecule has 0 saturated heterocycles. The van der Waals surface area contributed by atoms with E-state index in [4.69, 9.17) is 0 Å². The minimum Gasteiger partial charge on any atom is -0.280 e. The van der Waals surface area contributed by atoms with Crippen LogP contribution in [0.2, 0.25) is 0 Å². The van der Waals surface area contributed by atoms with Crippen LogP contribution in [-0.4, -0.2) is 18.2 Å². The predicted octanol–water partition coefficient (Wildman–Crippen LogP) is 1.67. The highest BCUT2D eigenvalue weighted by atomic mass is 32.2. The molecule has 1 heterocycles. The Morgan fingerprint density at radius 1 is 1.28 bits per heavy atom. The molecule has 96 valence electrons. The van der Waals surface area contributed by atoms with Crippen LogP contribution in [0.25, 0.3) is 0 Å². The van der Waals surface area contributed by atoms with Crippen molar-refractivity contribution in [1.29, 1.82) is 0 Å². The number of anilines is 1. The Morgan fingerprint density at radius 2 is 1.89 bits per heavy atom. The topological polar surface area (TPSA) is 64.0 Å². The average molecular weight is 269 g/mol. The number of sulfonamides is 1. The van der Waals surface area contributed by atoms with Gasteiger partial charge in [0.05, 0.1) is 5.69 Å². The Hall–Kier alpha value is -1.89. The normalized spacial score (nSPS) is 11.5. The fourth-order valence-corrected chi connectivity index (χ4v) is 2.85. The highest BCUT2D eigenvalue weighted by Gasteiger charge is 2.19. The summed E-state index contributed by atoms with van der Waals surface area (Å²) in [5.74, 6) is -0.421. The van der Waals surface area contributed by atoms with Crippen LogP contribution in [0.15, 0.2) is 35.4 Å². The first kappa shape index (κ1) is 12.6. The van der Waals surface area contributed by atoms with E-state index < -0.39 is 15.8 Å². The zero-order chi connectivity index (χ0) is 13.3. The molecule has 1 aromatic carbocycles. The summed E-state index contributed by atoms with van der Waals surface area (Å²) in [6.07, 6.45) is 1.42. The molecule has 0 saturated carbocycles. The van der Waals surface area contributed by atoms with Gasteiger partial charge in [0.25, 0.3) is 10.0 Å². The monoisotopic (exact) mass is 269 g/mol. The third-order valence-corrected chi connectivity index (χ3v) is 3.84. The van der Waals surface area contributed by atoms with Gasteiger partial charge in [-0.05, 0) is 31.2 Å². The molecule has 1 aromatic heterocycles. The molecule has 0 aliphatic heterocycles. The van der Waals surface area contributed by atoms with Crippen molar-refractivity contribution < 1.29 is 12.8 Å². The maximum absolute atomic E-state index is 12.7. The summed E-state index contributed by atoms with van der Waals surface area (Å²) in [5.41, 5.74) is 0.715. The minimum atomic E-state index is -3.69. The number of hydrogen-bond donors (Lipinski definition) is 1. The molecule has 0 aliphatic rings. The molecular weight excluding hydrogens is 257 g/mol. The van der Waals surface area contributed by atoms with Crippen LogP contribution in [0.1, 0.15) is 5.69 Å². The van der Waals surface area contributed by atoms with E-state index in [1.54, 1.807) is 14.0 Å². The number of nitrogens with zero attached hydrogens (tertiary/aromatic N) is 2. The first-order valence-corrected chi connectivity index (χ1v) is 6.65. The van der Waals surface area contributed by atoms with E-state index in [1.807, 2.05) is 0 Å². The lowest BCUT2D eigenvalue weighted by Crippen LogP contribution is -2.13. The number of aryl methyl sites for hydroxylation is 2. The fourth-order valence-electron chi connectivity index (χ4n) is 1.57. The zero-order valence-corrected chi connectivity index (χ0v) is 10.7. The molecule has 0 unspecified atom stereocenters. The molecule has 0 fully saturated rings. The Balaban J connectivity index is 2.33. The van der Waals surface area contributed by atoms with Gasteiger partial charge in [0.15, 0.2) is 0 Å². The van der Waals surface area contributed by atoms with Crippen LogP contribution in [0, 0.1) is 12.7 Å². The Bertz CT molecular complexity index is 662. The van der Waals surface area contributed by atoms with Crippen molar-refractivity contribution in [2.75, 3.05) is 4.72 Å². The van der Waals surface area contributed by atoms with Gasteiger partial charge in [0, 0.05) is 18.9 Å². The molecule has 0 spiro atoms. The molecule has 18 heavy (non-hydrogen) atoms. The first-order valence-electron chi connectivity index (χ1n) is 5.17. The predicted molar refractivity (Wildman–Crippen MR) is 65.2 cm³/mol. The molecule has 0 atom stereocenters. The van der Waals surface area contributed by atoms with Crippen molar-refractivity contribution in [3.05, 3.63) is 42.0 Å². The van der Waals surface area contributed by atoms with Gasteiger partial charge in [0.1, 0.15) is 10.7 Å². The summed E-state index contributed by atoms with van der Waals surface area (Å²) in [6.45, 7) is 1.61. The van der Waals surface area contributed by atoms with Crippen molar-refractivity contribution in [3.63, 3.8) is 0 Å². The zero-order valence-electron chi connectivity index (χ0n) is 9.88. The third kappa shape index (κ3) is 2.51. The van der Waals surface area contributed by atoms with Crippen LogP contribution >= 0.6 is 0 Å². The highest BCUT2D eigenvalue weighted by Crippen LogP contribution is 2.18. The standard InChI is InChI=1S/C11H12FN3O2S/c1-8-11(7-15(2)13-8)18(16,17)14-10-5-3-9(12)4-6-10/h3-7,14H,1-2H3. The maximum Gasteiger partial charge on any atom is 0.265 e. The van der Waals surface area contributed by atoms with Crippen LogP contribution < -0.4 is 4.72 Å². The van der Waals surface area contributed by atoms with Crippen molar-refractivity contribution >= 4 is 15.7 Å². The number of nitrogens with one attached hydrogen (secondary N) is 1. The molecule has 1 N–H and O–H groups in total. The van der Waals surface area contributed by atoms with Crippen LogP contribution in [0.3, 0.4) is 0 Å². The van der Waals surface area contributed by atoms with E-state index in [1.165, 1.54) is 35.1 Å². The van der Waals surface area contributed by atoms with Crippen molar-refractivity contribution in [1.82, 2.24) is 9.78 Å². The summed E-state index contributed by atoms with van der Waals surface area (Å²) in [7, 11) is -2.05. The summed E-state index contributed by atoms with van der Waals surface area (Å²) in [6, 6.07) is 5.10.